The summed E-state index contributed by atoms with van der Waals surface area (Å²) in [5.41, 5.74) is 6.99. The molecular formula is C88H157N10O5-. The first kappa shape index (κ1) is 92.9. The van der Waals surface area contributed by atoms with Gasteiger partial charge in [0.1, 0.15) is 11.9 Å². The number of rotatable bonds is 7. The molecule has 2 aliphatic carbocycles. The van der Waals surface area contributed by atoms with E-state index in [1.165, 1.54) is 199 Å². The molecule has 590 valence electrons. The molecule has 6 atom stereocenters. The molecule has 0 saturated carbocycles. The number of hydrogen-bond acceptors (Lipinski definition) is 14. The molecule has 9 fully saturated rings. The van der Waals surface area contributed by atoms with Gasteiger partial charge in [0.25, 0.3) is 0 Å². The lowest BCUT2D eigenvalue weighted by atomic mass is 9.83. The molecule has 3 aromatic rings. The average molecular weight is 1440 g/mol. The Morgan fingerprint density at radius 1 is 0.602 bits per heavy atom. The van der Waals surface area contributed by atoms with Gasteiger partial charge in [-0.3, -0.25) is 4.79 Å². The highest BCUT2D eigenvalue weighted by molar-refractivity contribution is 5.83. The third-order valence-electron chi connectivity index (χ3n) is 20.7. The summed E-state index contributed by atoms with van der Waals surface area (Å²) in [6, 6.07) is 23.0. The second-order valence-electron chi connectivity index (χ2n) is 34.1. The van der Waals surface area contributed by atoms with Crippen molar-refractivity contribution in [1.29, 1.82) is 0 Å². The number of carbonyl (C=O) groups excluding carboxylic acids is 2. The number of ketones is 1. The first-order valence-corrected chi connectivity index (χ1v) is 41.2. The quantitative estimate of drug-likeness (QED) is 0.105. The van der Waals surface area contributed by atoms with Crippen LogP contribution in [0.4, 0.5) is 4.79 Å². The van der Waals surface area contributed by atoms with Crippen molar-refractivity contribution >= 4 is 11.9 Å². The van der Waals surface area contributed by atoms with Crippen molar-refractivity contribution in [2.45, 2.75) is 311 Å². The Morgan fingerprint density at radius 2 is 1.19 bits per heavy atom. The minimum absolute atomic E-state index is 0.0503. The highest BCUT2D eigenvalue weighted by Gasteiger charge is 2.32. The lowest BCUT2D eigenvalue weighted by Crippen LogP contribution is -2.55. The van der Waals surface area contributed by atoms with E-state index < -0.39 is 6.09 Å². The molecule has 11 aliphatic rings. The van der Waals surface area contributed by atoms with Gasteiger partial charge >= 0.3 is 0 Å². The Hall–Kier alpha value is -4.26. The molecule has 2 aromatic carbocycles. The van der Waals surface area contributed by atoms with E-state index in [9.17, 15) is 14.7 Å². The van der Waals surface area contributed by atoms with E-state index in [-0.39, 0.29) is 17.7 Å². The van der Waals surface area contributed by atoms with Gasteiger partial charge in [0.15, 0.2) is 0 Å². The second-order valence-corrected chi connectivity index (χ2v) is 34.1. The fourth-order valence-corrected chi connectivity index (χ4v) is 14.9. The van der Waals surface area contributed by atoms with Crippen LogP contribution in [-0.4, -0.2) is 167 Å². The van der Waals surface area contributed by atoms with Crippen molar-refractivity contribution in [1.82, 2.24) is 52.3 Å². The number of piperidine rings is 7. The lowest BCUT2D eigenvalue weighted by Gasteiger charge is -2.42. The summed E-state index contributed by atoms with van der Waals surface area (Å²) in [5.74, 6) is 3.04. The predicted molar refractivity (Wildman–Crippen MR) is 438 cm³/mol. The number of allylic oxidation sites excluding steroid dienone is 2. The number of aryl methyl sites for hydroxylation is 1. The zero-order chi connectivity index (χ0) is 75.8. The smallest absolute Gasteiger partial charge is 0.138 e. The van der Waals surface area contributed by atoms with Gasteiger partial charge in [-0.1, -0.05) is 139 Å². The van der Waals surface area contributed by atoms with Crippen LogP contribution >= 0.6 is 0 Å². The fraction of sp³-hybridized carbons (Fsp3) is 0.750. The van der Waals surface area contributed by atoms with E-state index in [0.29, 0.717) is 22.2 Å². The molecule has 0 radical (unpaired) electrons. The van der Waals surface area contributed by atoms with E-state index in [1.54, 1.807) is 54.9 Å². The van der Waals surface area contributed by atoms with Gasteiger partial charge in [0.05, 0.1) is 37.7 Å². The number of hydrogen-bond donors (Lipinski definition) is 8. The van der Waals surface area contributed by atoms with E-state index in [2.05, 4.69) is 193 Å². The second kappa shape index (κ2) is 53.5. The summed E-state index contributed by atoms with van der Waals surface area (Å²) >= 11 is 0. The van der Waals surface area contributed by atoms with Gasteiger partial charge in [0.2, 0.25) is 0 Å². The molecule has 9 saturated heterocycles. The number of nitrogens with zero attached hydrogens (tertiary/aromatic N) is 2. The predicted octanol–water partition coefficient (Wildman–Crippen LogP) is 15.9. The van der Waals surface area contributed by atoms with Gasteiger partial charge in [-0.2, -0.15) is 0 Å². The van der Waals surface area contributed by atoms with Crippen molar-refractivity contribution in [2.75, 3.05) is 98.8 Å². The van der Waals surface area contributed by atoms with Gasteiger partial charge in [-0.05, 0) is 298 Å². The van der Waals surface area contributed by atoms with Crippen molar-refractivity contribution in [3.05, 3.63) is 120 Å². The maximum atomic E-state index is 11.8. The van der Waals surface area contributed by atoms with Crippen LogP contribution in [0.25, 0.3) is 0 Å². The molecule has 0 bridgehead atoms. The van der Waals surface area contributed by atoms with E-state index in [0.717, 1.165) is 87.4 Å². The zero-order valence-corrected chi connectivity index (χ0v) is 69.0. The maximum Gasteiger partial charge on any atom is 0.138 e. The summed E-state index contributed by atoms with van der Waals surface area (Å²) in [7, 11) is 2.11. The van der Waals surface area contributed by atoms with Crippen LogP contribution in [0, 0.1) is 24.7 Å². The number of likely N-dealkylation sites (N-methyl/N-ethyl adjacent to an activating group) is 1. The monoisotopic (exact) mass is 1430 g/mol. The third kappa shape index (κ3) is 49.3. The minimum atomic E-state index is -1.24. The van der Waals surface area contributed by atoms with Gasteiger partial charge in [-0.15, -0.1) is 0 Å². The minimum Gasteiger partial charge on any atom is -0.530 e. The first-order chi connectivity index (χ1) is 49.0. The van der Waals surface area contributed by atoms with Crippen molar-refractivity contribution in [3.8, 4) is 0 Å². The van der Waals surface area contributed by atoms with E-state index in [4.69, 9.17) is 9.15 Å². The van der Waals surface area contributed by atoms with Crippen molar-refractivity contribution in [2.24, 2.45) is 17.8 Å². The van der Waals surface area contributed by atoms with Crippen LogP contribution in [0.15, 0.2) is 102 Å². The number of ether oxygens (including phenoxy) is 1. The fourth-order valence-electron chi connectivity index (χ4n) is 14.9. The standard InChI is InChI=1S/C15H21NO.C10H12.C9H19N.3C8H17N.C6H7NO2.2C6H13N.C5H6O.C4H9NO.C3H7N/c1-13(17)15(14-8-4-2-5-9-14)12-16-10-6-3-7-11-16;1-8-6-9-4-2-3-5-10(9)7-8;1-8(2)6-5-7-9(3,4)10-8;1-7-4-5-9-8(2,3)6-7;1-7-5-4-6-8(2,3)9-7;1-2-5-8-6-3-4-7-9-8;8-6(9)7-5-3-1-2-4-5;1-6-3-2-4-7-5-6;1-6-4-2-3-5-7-6;1-5-2-3-6-4-5;1-3-6-4-2-5-1;1-4-2-3-4/h2,4-5,8-9,15H,3,6-7,10-12H2,1H3;2-5,8H,6-7H2,1H3;10H,5-7H2,1-4H3;2*7,9H,4-6H2,1-3H3;8-9H,2-7H2,1H3;1-5,7H,(H,8,9);2*6-7H,2-5H2,1H3;2-4H,1H3;5H,1-4H2;2-3H2,1H3/p-1/t;;;7-;;;;6-;;;;/m...0...1..../s1. The third-order valence-corrected chi connectivity index (χ3v) is 20.7. The highest BCUT2D eigenvalue weighted by Crippen LogP contribution is 2.29. The first-order valence-electron chi connectivity index (χ1n) is 41.2. The molecule has 10 heterocycles. The molecule has 8 N–H and O–H groups in total. The number of benzene rings is 2. The molecule has 15 nitrogen and oxygen atoms in total. The molecule has 14 rings (SSSR count). The number of fused-ring (bicyclic) bond motifs is 1. The Kier molecular flexibility index (Phi) is 48.3. The van der Waals surface area contributed by atoms with Crippen LogP contribution in [-0.2, 0) is 22.4 Å². The summed E-state index contributed by atoms with van der Waals surface area (Å²) in [6.45, 7) is 51.5. The summed E-state index contributed by atoms with van der Waals surface area (Å²) in [6.07, 6.45) is 40.3. The number of carboxylic acid groups (broad SMARTS) is 1. The summed E-state index contributed by atoms with van der Waals surface area (Å²) in [4.78, 5) is 26.3. The SMILES string of the molecule is C1COCCN1.CC(=O)C(CN1CCCCC1)c1ccccc1.CC1(C)CCCC(C)(C)N1.CC1CCCC(C)(C)N1.CC1CCCCN1.CC1Cc2ccccc2C1.CCCC1CCCCN1.CN1CC1.C[C@@H]1CCCNC1.C[C@H]1CCNC(C)(C)C1.Cc1ccoc1.O=C([O-])NC1C=CC=C1. The van der Waals surface area contributed by atoms with Crippen LogP contribution in [0.5, 0.6) is 0 Å². The van der Waals surface area contributed by atoms with Crippen molar-refractivity contribution in [3.63, 3.8) is 0 Å². The van der Waals surface area contributed by atoms with Gasteiger partial charge in [-0.25, -0.2) is 0 Å². The topological polar surface area (TPSA) is 182 Å². The Balaban J connectivity index is 0.000000296. The van der Waals surface area contributed by atoms with Gasteiger partial charge in [0, 0.05) is 73.0 Å². The molecule has 9 aliphatic heterocycles. The van der Waals surface area contributed by atoms with Crippen LogP contribution in [0.3, 0.4) is 0 Å². The van der Waals surface area contributed by atoms with Crippen LogP contribution in [0.1, 0.15) is 267 Å². The number of carbonyl (C=O) groups is 2. The van der Waals surface area contributed by atoms with E-state index in [1.807, 2.05) is 31.2 Å². The largest absolute Gasteiger partial charge is 0.530 e. The lowest BCUT2D eigenvalue weighted by molar-refractivity contribution is -0.251. The molecule has 4 unspecified atom stereocenters. The Labute approximate surface area is 631 Å². The molecule has 15 heteroatoms. The number of nitrogens with one attached hydrogen (secondary N) is 8. The Bertz CT molecular complexity index is 2510. The summed E-state index contributed by atoms with van der Waals surface area (Å²) < 4.78 is 9.72. The highest BCUT2D eigenvalue weighted by atomic mass is 16.5. The summed E-state index contributed by atoms with van der Waals surface area (Å²) in [5, 5.41) is 36.1. The number of morpholine rings is 1. The normalized spacial score (nSPS) is 25.0. The molecule has 1 amide bonds. The molecule has 0 spiro atoms. The molecular weight excluding hydrogens is 1280 g/mol. The number of Topliss-reactive ketones (excluding diaryl/α,β-unsaturated/α-hetero) is 1. The zero-order valence-electron chi connectivity index (χ0n) is 69.0. The Morgan fingerprint density at radius 3 is 1.55 bits per heavy atom. The van der Waals surface area contributed by atoms with Gasteiger partial charge < -0.3 is 71.4 Å². The number of amides is 1. The maximum absolute atomic E-state index is 11.8. The number of furan rings is 1. The van der Waals surface area contributed by atoms with Crippen LogP contribution in [0.2, 0.25) is 0 Å². The van der Waals surface area contributed by atoms with Crippen molar-refractivity contribution < 1.29 is 23.8 Å². The average Bonchev–Trinajstić information content (AvgIpc) is 1.84. The number of likely N-dealkylation sites (tertiary alicyclic amines) is 1. The van der Waals surface area contributed by atoms with Crippen LogP contribution < -0.4 is 47.6 Å². The molecule has 1 aromatic heterocycles. The van der Waals surface area contributed by atoms with E-state index >= 15 is 0 Å². The molecule has 103 heavy (non-hydrogen) atoms.